The van der Waals surface area contributed by atoms with Gasteiger partial charge in [0.1, 0.15) is 5.75 Å². The van der Waals surface area contributed by atoms with Crippen LogP contribution >= 0.6 is 11.3 Å². The summed E-state index contributed by atoms with van der Waals surface area (Å²) in [5.41, 5.74) is 0.978. The minimum Gasteiger partial charge on any atom is -0.493 e. The summed E-state index contributed by atoms with van der Waals surface area (Å²) in [7, 11) is 0. The molecule has 6 heteroatoms. The van der Waals surface area contributed by atoms with Gasteiger partial charge in [0, 0.05) is 12.0 Å². The second-order valence-electron chi connectivity index (χ2n) is 4.96. The summed E-state index contributed by atoms with van der Waals surface area (Å²) >= 11 is 1.35. The molecule has 1 atom stereocenters. The van der Waals surface area contributed by atoms with Crippen LogP contribution in [0.3, 0.4) is 0 Å². The van der Waals surface area contributed by atoms with E-state index in [0.29, 0.717) is 11.5 Å². The smallest absolute Gasteiger partial charge is 0.261 e. The van der Waals surface area contributed by atoms with Crippen LogP contribution in [-0.4, -0.2) is 25.0 Å². The summed E-state index contributed by atoms with van der Waals surface area (Å²) in [5, 5.41) is 7.40. The number of rotatable bonds is 4. The second kappa shape index (κ2) is 6.62. The molecule has 0 bridgehead atoms. The van der Waals surface area contributed by atoms with E-state index in [1.165, 1.54) is 11.3 Å². The van der Waals surface area contributed by atoms with Crippen molar-refractivity contribution < 1.29 is 14.3 Å². The Hall–Kier alpha value is -2.34. The Kier molecular flexibility index (Phi) is 4.39. The third kappa shape index (κ3) is 3.28. The molecule has 1 aliphatic heterocycles. The van der Waals surface area contributed by atoms with Crippen LogP contribution in [0.4, 0.5) is 0 Å². The number of carbonyl (C=O) groups excluding carboxylic acids is 2. The number of ether oxygens (including phenoxy) is 1. The summed E-state index contributed by atoms with van der Waals surface area (Å²) in [6, 6.07) is 11.1. The first-order valence-corrected chi connectivity index (χ1v) is 7.95. The quantitative estimate of drug-likeness (QED) is 0.908. The van der Waals surface area contributed by atoms with Gasteiger partial charge in [-0.05, 0) is 17.5 Å². The number of thiophene rings is 1. The zero-order valence-corrected chi connectivity index (χ0v) is 12.7. The van der Waals surface area contributed by atoms with Crippen LogP contribution in [0.25, 0.3) is 0 Å². The molecule has 5 nitrogen and oxygen atoms in total. The Balaban J connectivity index is 1.55. The minimum atomic E-state index is -0.225. The summed E-state index contributed by atoms with van der Waals surface area (Å²) < 4.78 is 5.56. The van der Waals surface area contributed by atoms with Crippen molar-refractivity contribution in [2.45, 2.75) is 12.5 Å². The number of para-hydroxylation sites is 1. The van der Waals surface area contributed by atoms with Gasteiger partial charge in [0.15, 0.2) is 0 Å². The maximum atomic E-state index is 12.0. The number of nitrogens with one attached hydrogen (secondary N) is 2. The van der Waals surface area contributed by atoms with E-state index in [-0.39, 0.29) is 24.4 Å². The molecular weight excluding hydrogens is 300 g/mol. The van der Waals surface area contributed by atoms with Gasteiger partial charge in [-0.15, -0.1) is 11.3 Å². The molecule has 2 aromatic rings. The van der Waals surface area contributed by atoms with Crippen LogP contribution in [0.2, 0.25) is 0 Å². The molecule has 0 radical (unpaired) electrons. The molecule has 2 amide bonds. The Bertz CT molecular complexity index is 670. The molecule has 1 aromatic carbocycles. The third-order valence-electron chi connectivity index (χ3n) is 3.45. The van der Waals surface area contributed by atoms with E-state index in [0.717, 1.165) is 17.7 Å². The molecule has 0 aliphatic carbocycles. The van der Waals surface area contributed by atoms with Crippen molar-refractivity contribution >= 4 is 23.2 Å². The van der Waals surface area contributed by atoms with E-state index in [2.05, 4.69) is 10.6 Å². The van der Waals surface area contributed by atoms with Crippen LogP contribution in [-0.2, 0) is 4.79 Å². The van der Waals surface area contributed by atoms with E-state index >= 15 is 0 Å². The van der Waals surface area contributed by atoms with Gasteiger partial charge in [-0.1, -0.05) is 24.3 Å². The Morgan fingerprint density at radius 1 is 1.23 bits per heavy atom. The maximum absolute atomic E-state index is 12.0. The fourth-order valence-electron chi connectivity index (χ4n) is 2.39. The van der Waals surface area contributed by atoms with Gasteiger partial charge >= 0.3 is 0 Å². The van der Waals surface area contributed by atoms with Gasteiger partial charge in [0.2, 0.25) is 5.91 Å². The average molecular weight is 316 g/mol. The van der Waals surface area contributed by atoms with E-state index in [1.54, 1.807) is 12.1 Å². The second-order valence-corrected chi connectivity index (χ2v) is 5.90. The van der Waals surface area contributed by atoms with E-state index in [1.807, 2.05) is 29.6 Å². The third-order valence-corrected chi connectivity index (χ3v) is 4.32. The highest BCUT2D eigenvalue weighted by atomic mass is 32.1. The lowest BCUT2D eigenvalue weighted by atomic mass is 10.0. The average Bonchev–Trinajstić information content (AvgIpc) is 3.07. The summed E-state index contributed by atoms with van der Waals surface area (Å²) in [6.45, 7) is 0.541. The molecule has 0 unspecified atom stereocenters. The minimum absolute atomic E-state index is 0.0315. The molecule has 2 N–H and O–H groups in total. The first-order valence-electron chi connectivity index (χ1n) is 7.07. The largest absolute Gasteiger partial charge is 0.493 e. The van der Waals surface area contributed by atoms with E-state index in [4.69, 9.17) is 4.74 Å². The van der Waals surface area contributed by atoms with Crippen LogP contribution in [0.1, 0.15) is 27.7 Å². The molecule has 114 valence electrons. The number of carbonyl (C=O) groups is 2. The van der Waals surface area contributed by atoms with Gasteiger partial charge in [-0.25, -0.2) is 0 Å². The van der Waals surface area contributed by atoms with E-state index in [9.17, 15) is 9.59 Å². The lowest BCUT2D eigenvalue weighted by Crippen LogP contribution is -2.39. The maximum Gasteiger partial charge on any atom is 0.261 e. The first-order chi connectivity index (χ1) is 10.7. The highest BCUT2D eigenvalue weighted by Crippen LogP contribution is 2.31. The molecule has 0 saturated carbocycles. The van der Waals surface area contributed by atoms with Crippen LogP contribution < -0.4 is 15.4 Å². The van der Waals surface area contributed by atoms with Crippen molar-refractivity contribution in [3.63, 3.8) is 0 Å². The normalized spacial score (nSPS) is 16.3. The molecule has 22 heavy (non-hydrogen) atoms. The molecule has 0 spiro atoms. The van der Waals surface area contributed by atoms with Gasteiger partial charge in [0.25, 0.3) is 5.91 Å². The Labute approximate surface area is 132 Å². The molecular formula is C16H16N2O3S. The number of hydrogen-bond donors (Lipinski definition) is 2. The molecule has 1 aromatic heterocycles. The fraction of sp³-hybridized carbons (Fsp3) is 0.250. The fourth-order valence-corrected chi connectivity index (χ4v) is 3.03. The van der Waals surface area contributed by atoms with Crippen LogP contribution in [0.5, 0.6) is 5.75 Å². The van der Waals surface area contributed by atoms with Gasteiger partial charge in [-0.3, -0.25) is 9.59 Å². The van der Waals surface area contributed by atoms with Crippen molar-refractivity contribution in [2.75, 3.05) is 13.2 Å². The summed E-state index contributed by atoms with van der Waals surface area (Å²) in [5.74, 6) is 0.380. The number of amides is 2. The van der Waals surface area contributed by atoms with Crippen LogP contribution in [0, 0.1) is 0 Å². The Morgan fingerprint density at radius 2 is 2.09 bits per heavy atom. The highest BCUT2D eigenvalue weighted by molar-refractivity contribution is 7.12. The zero-order chi connectivity index (χ0) is 15.4. The topological polar surface area (TPSA) is 67.4 Å². The van der Waals surface area contributed by atoms with Crippen molar-refractivity contribution in [3.05, 3.63) is 52.2 Å². The monoisotopic (exact) mass is 316 g/mol. The lowest BCUT2D eigenvalue weighted by molar-refractivity contribution is -0.121. The van der Waals surface area contributed by atoms with Crippen molar-refractivity contribution in [2.24, 2.45) is 0 Å². The van der Waals surface area contributed by atoms with Gasteiger partial charge in [0.05, 0.1) is 24.1 Å². The molecule has 2 heterocycles. The first kappa shape index (κ1) is 14.6. The summed E-state index contributed by atoms with van der Waals surface area (Å²) in [6.07, 6.45) is 0.724. The van der Waals surface area contributed by atoms with Gasteiger partial charge < -0.3 is 15.4 Å². The predicted octanol–water partition coefficient (Wildman–Crippen LogP) is 2.12. The molecule has 0 fully saturated rings. The predicted molar refractivity (Wildman–Crippen MR) is 84.1 cm³/mol. The molecule has 0 saturated heterocycles. The molecule has 1 aliphatic rings. The van der Waals surface area contributed by atoms with Gasteiger partial charge in [-0.2, -0.15) is 0 Å². The molecule has 3 rings (SSSR count). The number of fused-ring (bicyclic) bond motifs is 1. The van der Waals surface area contributed by atoms with Crippen molar-refractivity contribution in [1.29, 1.82) is 0 Å². The lowest BCUT2D eigenvalue weighted by Gasteiger charge is -2.26. The van der Waals surface area contributed by atoms with Crippen molar-refractivity contribution in [3.8, 4) is 5.75 Å². The number of benzene rings is 1. The van der Waals surface area contributed by atoms with E-state index < -0.39 is 0 Å². The zero-order valence-electron chi connectivity index (χ0n) is 11.9. The van der Waals surface area contributed by atoms with Crippen molar-refractivity contribution in [1.82, 2.24) is 10.6 Å². The number of hydrogen-bond acceptors (Lipinski definition) is 4. The highest BCUT2D eigenvalue weighted by Gasteiger charge is 2.22. The Morgan fingerprint density at radius 3 is 2.91 bits per heavy atom. The summed E-state index contributed by atoms with van der Waals surface area (Å²) in [4.78, 5) is 24.4. The SMILES string of the molecule is O=C(CNC(=O)c1cccs1)N[C@@H]1CCOc2ccccc21. The van der Waals surface area contributed by atoms with Crippen LogP contribution in [0.15, 0.2) is 41.8 Å². The standard InChI is InChI=1S/C16H16N2O3S/c19-15(10-17-16(20)14-6-3-9-22-14)18-12-7-8-21-13-5-2-1-4-11(12)13/h1-6,9,12H,7-8,10H2,(H,17,20)(H,18,19)/t12-/m1/s1.